The zero-order valence-corrected chi connectivity index (χ0v) is 10.8. The summed E-state index contributed by atoms with van der Waals surface area (Å²) in [5, 5.41) is 3.16. The Kier molecular flexibility index (Phi) is 3.15. The highest BCUT2D eigenvalue weighted by Crippen LogP contribution is 2.36. The van der Waals surface area contributed by atoms with Crippen LogP contribution in [0.4, 0.5) is 14.5 Å². The van der Waals surface area contributed by atoms with Gasteiger partial charge in [0.2, 0.25) is 0 Å². The highest BCUT2D eigenvalue weighted by molar-refractivity contribution is 6.33. The molecule has 1 aliphatic carbocycles. The molecule has 0 amide bonds. The monoisotopic (exact) mass is 279 g/mol. The summed E-state index contributed by atoms with van der Waals surface area (Å²) in [5.41, 5.74) is 2.59. The smallest absolute Gasteiger partial charge is 0.150 e. The third-order valence-corrected chi connectivity index (χ3v) is 3.76. The van der Waals surface area contributed by atoms with Gasteiger partial charge in [0.1, 0.15) is 5.82 Å². The number of anilines is 1. The molecule has 4 heteroatoms. The average Bonchev–Trinajstić information content (AvgIpc) is 2.77. The van der Waals surface area contributed by atoms with Crippen LogP contribution in [-0.4, -0.2) is 0 Å². The predicted molar refractivity (Wildman–Crippen MR) is 72.5 cm³/mol. The largest absolute Gasteiger partial charge is 0.375 e. The van der Waals surface area contributed by atoms with E-state index in [0.29, 0.717) is 0 Å². The van der Waals surface area contributed by atoms with Crippen molar-refractivity contribution in [1.29, 1.82) is 0 Å². The highest BCUT2D eigenvalue weighted by atomic mass is 35.5. The van der Waals surface area contributed by atoms with Crippen molar-refractivity contribution in [3.63, 3.8) is 0 Å². The Hall–Kier alpha value is -1.61. The second-order valence-electron chi connectivity index (χ2n) is 4.68. The van der Waals surface area contributed by atoms with E-state index in [-0.39, 0.29) is 16.8 Å². The van der Waals surface area contributed by atoms with Crippen molar-refractivity contribution in [3.8, 4) is 0 Å². The molecule has 0 radical (unpaired) electrons. The summed E-state index contributed by atoms with van der Waals surface area (Å²) in [6.07, 6.45) is 1.83. The Morgan fingerprint density at radius 3 is 2.74 bits per heavy atom. The fraction of sp³-hybridized carbons (Fsp3) is 0.200. The van der Waals surface area contributed by atoms with Gasteiger partial charge < -0.3 is 5.32 Å². The number of hydrogen-bond donors (Lipinski definition) is 1. The molecule has 1 aliphatic rings. The Morgan fingerprint density at radius 1 is 1.16 bits per heavy atom. The van der Waals surface area contributed by atoms with Crippen molar-refractivity contribution in [3.05, 3.63) is 64.2 Å². The van der Waals surface area contributed by atoms with Crippen LogP contribution in [0.3, 0.4) is 0 Å². The lowest BCUT2D eigenvalue weighted by Crippen LogP contribution is -2.09. The second kappa shape index (κ2) is 4.82. The number of hydrogen-bond acceptors (Lipinski definition) is 1. The minimum absolute atomic E-state index is 0.0219. The lowest BCUT2D eigenvalue weighted by atomic mass is 10.1. The van der Waals surface area contributed by atoms with Gasteiger partial charge >= 0.3 is 0 Å². The minimum Gasteiger partial charge on any atom is -0.375 e. The first-order valence-corrected chi connectivity index (χ1v) is 6.52. The SMILES string of the molecule is Fc1cc(F)c(NC2CCc3ccccc32)c(Cl)c1. The second-order valence-corrected chi connectivity index (χ2v) is 5.09. The first-order valence-electron chi connectivity index (χ1n) is 6.14. The van der Waals surface area contributed by atoms with Crippen LogP contribution in [0, 0.1) is 11.6 Å². The van der Waals surface area contributed by atoms with Crippen molar-refractivity contribution in [2.45, 2.75) is 18.9 Å². The van der Waals surface area contributed by atoms with Gasteiger partial charge in [-0.25, -0.2) is 8.78 Å². The van der Waals surface area contributed by atoms with Crippen molar-refractivity contribution < 1.29 is 8.78 Å². The molecule has 0 aromatic heterocycles. The van der Waals surface area contributed by atoms with Gasteiger partial charge in [0.25, 0.3) is 0 Å². The molecule has 98 valence electrons. The number of halogens is 3. The lowest BCUT2D eigenvalue weighted by molar-refractivity contribution is 0.583. The van der Waals surface area contributed by atoms with Crippen LogP contribution in [0.5, 0.6) is 0 Å². The molecule has 0 fully saturated rings. The summed E-state index contributed by atoms with van der Waals surface area (Å²) in [6.45, 7) is 0. The molecule has 3 rings (SSSR count). The molecule has 0 spiro atoms. The van der Waals surface area contributed by atoms with E-state index in [4.69, 9.17) is 11.6 Å². The van der Waals surface area contributed by atoms with E-state index in [0.717, 1.165) is 30.5 Å². The summed E-state index contributed by atoms with van der Waals surface area (Å²) in [5.74, 6) is -1.32. The van der Waals surface area contributed by atoms with Gasteiger partial charge in [-0.3, -0.25) is 0 Å². The molecular weight excluding hydrogens is 268 g/mol. The molecule has 0 bridgehead atoms. The fourth-order valence-corrected chi connectivity index (χ4v) is 2.81. The zero-order valence-electron chi connectivity index (χ0n) is 10.1. The molecule has 1 N–H and O–H groups in total. The number of rotatable bonds is 2. The molecule has 0 saturated carbocycles. The molecule has 1 nitrogen and oxygen atoms in total. The number of benzene rings is 2. The third-order valence-electron chi connectivity index (χ3n) is 3.46. The van der Waals surface area contributed by atoms with E-state index in [1.54, 1.807) is 0 Å². The first kappa shape index (κ1) is 12.4. The minimum atomic E-state index is -0.667. The van der Waals surface area contributed by atoms with Crippen LogP contribution in [0.25, 0.3) is 0 Å². The molecule has 2 aromatic carbocycles. The van der Waals surface area contributed by atoms with Crippen LogP contribution in [0.15, 0.2) is 36.4 Å². The molecule has 1 unspecified atom stereocenters. The predicted octanol–water partition coefficient (Wildman–Crippen LogP) is 4.72. The number of fused-ring (bicyclic) bond motifs is 1. The van der Waals surface area contributed by atoms with Gasteiger partial charge in [-0.2, -0.15) is 0 Å². The maximum atomic E-state index is 13.8. The quantitative estimate of drug-likeness (QED) is 0.839. The Morgan fingerprint density at radius 2 is 1.95 bits per heavy atom. The van der Waals surface area contributed by atoms with E-state index in [2.05, 4.69) is 11.4 Å². The van der Waals surface area contributed by atoms with E-state index < -0.39 is 11.6 Å². The van der Waals surface area contributed by atoms with Gasteiger partial charge in [-0.1, -0.05) is 35.9 Å². The van der Waals surface area contributed by atoms with Gasteiger partial charge in [-0.15, -0.1) is 0 Å². The van der Waals surface area contributed by atoms with E-state index >= 15 is 0 Å². The van der Waals surface area contributed by atoms with Gasteiger partial charge in [0.15, 0.2) is 5.82 Å². The van der Waals surface area contributed by atoms with Gasteiger partial charge in [-0.05, 0) is 30.0 Å². The molecule has 19 heavy (non-hydrogen) atoms. The average molecular weight is 280 g/mol. The summed E-state index contributed by atoms with van der Waals surface area (Å²) >= 11 is 5.90. The molecule has 0 heterocycles. The number of aryl methyl sites for hydroxylation is 1. The van der Waals surface area contributed by atoms with Crippen LogP contribution >= 0.6 is 11.6 Å². The van der Waals surface area contributed by atoms with Gasteiger partial charge in [0, 0.05) is 6.07 Å². The Labute approximate surface area is 115 Å². The van der Waals surface area contributed by atoms with Crippen molar-refractivity contribution in [1.82, 2.24) is 0 Å². The maximum Gasteiger partial charge on any atom is 0.150 e. The lowest BCUT2D eigenvalue weighted by Gasteiger charge is -2.17. The summed E-state index contributed by atoms with van der Waals surface area (Å²) in [7, 11) is 0. The summed E-state index contributed by atoms with van der Waals surface area (Å²) in [4.78, 5) is 0. The van der Waals surface area contributed by atoms with Crippen LogP contribution in [-0.2, 0) is 6.42 Å². The fourth-order valence-electron chi connectivity index (χ4n) is 2.56. The van der Waals surface area contributed by atoms with Crippen LogP contribution < -0.4 is 5.32 Å². The molecule has 0 aliphatic heterocycles. The van der Waals surface area contributed by atoms with Crippen molar-refractivity contribution >= 4 is 17.3 Å². The molecular formula is C15H12ClF2N. The molecule has 0 saturated heterocycles. The zero-order chi connectivity index (χ0) is 13.4. The summed E-state index contributed by atoms with van der Waals surface area (Å²) in [6, 6.07) is 10.0. The van der Waals surface area contributed by atoms with Crippen LogP contribution in [0.1, 0.15) is 23.6 Å². The molecule has 2 aromatic rings. The Bertz CT molecular complexity index is 604. The molecule has 1 atom stereocenters. The van der Waals surface area contributed by atoms with E-state index in [1.165, 1.54) is 5.56 Å². The van der Waals surface area contributed by atoms with Crippen molar-refractivity contribution in [2.75, 3.05) is 5.32 Å². The topological polar surface area (TPSA) is 12.0 Å². The summed E-state index contributed by atoms with van der Waals surface area (Å²) < 4.78 is 26.8. The normalized spacial score (nSPS) is 17.3. The standard InChI is InChI=1S/C15H12ClF2N/c16-12-7-10(17)8-13(18)15(12)19-14-6-5-9-3-1-2-4-11(9)14/h1-4,7-8,14,19H,5-6H2. The van der Waals surface area contributed by atoms with E-state index in [1.807, 2.05) is 18.2 Å². The Balaban J connectivity index is 1.92. The van der Waals surface area contributed by atoms with Crippen LogP contribution in [0.2, 0.25) is 5.02 Å². The maximum absolute atomic E-state index is 13.8. The first-order chi connectivity index (χ1) is 9.15. The van der Waals surface area contributed by atoms with E-state index in [9.17, 15) is 8.78 Å². The third kappa shape index (κ3) is 2.30. The number of nitrogens with one attached hydrogen (secondary N) is 1. The highest BCUT2D eigenvalue weighted by Gasteiger charge is 2.23. The van der Waals surface area contributed by atoms with Crippen molar-refractivity contribution in [2.24, 2.45) is 0 Å². The van der Waals surface area contributed by atoms with Gasteiger partial charge in [0.05, 0.1) is 16.8 Å².